The van der Waals surface area contributed by atoms with E-state index in [2.05, 4.69) is 5.32 Å². The number of carbonyl (C=O) groups excluding carboxylic acids is 4. The average molecular weight is 346 g/mol. The quantitative estimate of drug-likeness (QED) is 0.461. The molecule has 0 aliphatic carbocycles. The molecule has 7 heteroatoms. The molecule has 25 heavy (non-hydrogen) atoms. The minimum Gasteiger partial charge on any atom is -0.456 e. The van der Waals surface area contributed by atoms with Crippen molar-refractivity contribution >= 4 is 23.7 Å². The maximum atomic E-state index is 12.2. The number of hydrogen-bond donors (Lipinski definition) is 1. The number of imide groups is 1. The van der Waals surface area contributed by atoms with Crippen molar-refractivity contribution in [2.45, 2.75) is 39.2 Å². The van der Waals surface area contributed by atoms with E-state index in [1.807, 2.05) is 19.1 Å². The second-order valence-corrected chi connectivity index (χ2v) is 6.14. The summed E-state index contributed by atoms with van der Waals surface area (Å²) in [5.74, 6) is -1.62. The number of amides is 3. The van der Waals surface area contributed by atoms with Crippen LogP contribution >= 0.6 is 0 Å². The number of nitrogens with one attached hydrogen (secondary N) is 1. The zero-order valence-corrected chi connectivity index (χ0v) is 14.6. The fourth-order valence-corrected chi connectivity index (χ4v) is 2.46. The number of hydrogen-bond acceptors (Lipinski definition) is 5. The van der Waals surface area contributed by atoms with Crippen LogP contribution < -0.4 is 5.32 Å². The first-order chi connectivity index (χ1) is 11.8. The molecule has 1 fully saturated rings. The zero-order valence-electron chi connectivity index (χ0n) is 14.6. The lowest BCUT2D eigenvalue weighted by molar-refractivity contribution is -0.146. The maximum Gasteiger partial charge on any atom is 0.326 e. The van der Waals surface area contributed by atoms with Crippen LogP contribution in [0.5, 0.6) is 0 Å². The summed E-state index contributed by atoms with van der Waals surface area (Å²) in [6.45, 7) is 4.43. The van der Waals surface area contributed by atoms with Crippen LogP contribution in [0.15, 0.2) is 24.3 Å². The van der Waals surface area contributed by atoms with Gasteiger partial charge in [-0.2, -0.15) is 0 Å². The van der Waals surface area contributed by atoms with E-state index in [0.717, 1.165) is 16.9 Å². The molecule has 3 amide bonds. The SMILES string of the molecule is CCc1ccc(C(=O)COC(=O)CN2C(=O)N[C@@](C)(CC)C2=O)cc1. The Hall–Kier alpha value is -2.70. The van der Waals surface area contributed by atoms with Crippen molar-refractivity contribution in [3.05, 3.63) is 35.4 Å². The summed E-state index contributed by atoms with van der Waals surface area (Å²) in [7, 11) is 0. The Balaban J connectivity index is 1.89. The molecule has 0 unspecified atom stereocenters. The summed E-state index contributed by atoms with van der Waals surface area (Å²) < 4.78 is 4.91. The molecule has 1 aliphatic heterocycles. The number of ketones is 1. The van der Waals surface area contributed by atoms with Crippen molar-refractivity contribution in [3.8, 4) is 0 Å². The molecule has 134 valence electrons. The molecule has 1 aliphatic rings. The Bertz CT molecular complexity index is 698. The summed E-state index contributed by atoms with van der Waals surface area (Å²) in [6.07, 6.45) is 1.28. The first kappa shape index (κ1) is 18.6. The first-order valence-corrected chi connectivity index (χ1v) is 8.22. The average Bonchev–Trinajstić information content (AvgIpc) is 2.83. The third kappa shape index (κ3) is 4.04. The van der Waals surface area contributed by atoms with E-state index in [1.54, 1.807) is 26.0 Å². The molecule has 0 spiro atoms. The molecular formula is C18H22N2O5. The number of urea groups is 1. The lowest BCUT2D eigenvalue weighted by Gasteiger charge is -2.18. The van der Waals surface area contributed by atoms with Crippen LogP contribution in [0.3, 0.4) is 0 Å². The fraction of sp³-hybridized carbons (Fsp3) is 0.444. The molecule has 0 saturated carbocycles. The molecule has 1 saturated heterocycles. The van der Waals surface area contributed by atoms with E-state index < -0.39 is 36.6 Å². The number of aryl methyl sites for hydroxylation is 1. The van der Waals surface area contributed by atoms with Crippen LogP contribution in [0.25, 0.3) is 0 Å². The molecule has 7 nitrogen and oxygen atoms in total. The van der Waals surface area contributed by atoms with Gasteiger partial charge in [0.25, 0.3) is 5.91 Å². The van der Waals surface area contributed by atoms with E-state index in [4.69, 9.17) is 4.74 Å². The standard InChI is InChI=1S/C18H22N2O5/c1-4-12-6-8-13(9-7-12)14(21)11-25-15(22)10-20-16(23)18(3,5-2)19-17(20)24/h6-9H,4-5,10-11H2,1-3H3,(H,19,24)/t18-/m0/s1. The van der Waals surface area contributed by atoms with E-state index in [1.165, 1.54) is 0 Å². The highest BCUT2D eigenvalue weighted by Gasteiger charge is 2.47. The Morgan fingerprint density at radius 1 is 1.16 bits per heavy atom. The third-order valence-corrected chi connectivity index (χ3v) is 4.39. The van der Waals surface area contributed by atoms with Gasteiger partial charge in [-0.3, -0.25) is 19.3 Å². The summed E-state index contributed by atoms with van der Waals surface area (Å²) >= 11 is 0. The van der Waals surface area contributed by atoms with Gasteiger partial charge in [-0.25, -0.2) is 4.79 Å². The minimum absolute atomic E-state index is 0.341. The van der Waals surface area contributed by atoms with Crippen LogP contribution in [0.1, 0.15) is 43.1 Å². The molecule has 1 heterocycles. The maximum absolute atomic E-state index is 12.2. The molecular weight excluding hydrogens is 324 g/mol. The van der Waals surface area contributed by atoms with Gasteiger partial charge in [-0.15, -0.1) is 0 Å². The van der Waals surface area contributed by atoms with Crippen LogP contribution in [-0.4, -0.2) is 47.3 Å². The number of ether oxygens (including phenoxy) is 1. The number of carbonyl (C=O) groups is 4. The lowest BCUT2D eigenvalue weighted by atomic mass is 9.99. The largest absolute Gasteiger partial charge is 0.456 e. The van der Waals surface area contributed by atoms with Gasteiger partial charge >= 0.3 is 12.0 Å². The molecule has 1 N–H and O–H groups in total. The van der Waals surface area contributed by atoms with E-state index >= 15 is 0 Å². The van der Waals surface area contributed by atoms with Crippen LogP contribution in [-0.2, 0) is 20.7 Å². The number of benzene rings is 1. The Morgan fingerprint density at radius 3 is 2.32 bits per heavy atom. The van der Waals surface area contributed by atoms with Crippen molar-refractivity contribution in [2.24, 2.45) is 0 Å². The van der Waals surface area contributed by atoms with Gasteiger partial charge in [-0.1, -0.05) is 38.1 Å². The number of rotatable bonds is 7. The van der Waals surface area contributed by atoms with E-state index in [0.29, 0.717) is 12.0 Å². The lowest BCUT2D eigenvalue weighted by Crippen LogP contribution is -2.43. The van der Waals surface area contributed by atoms with Crippen molar-refractivity contribution in [3.63, 3.8) is 0 Å². The van der Waals surface area contributed by atoms with Crippen molar-refractivity contribution < 1.29 is 23.9 Å². The molecule has 1 aromatic rings. The van der Waals surface area contributed by atoms with Gasteiger partial charge in [0.2, 0.25) is 0 Å². The second-order valence-electron chi connectivity index (χ2n) is 6.14. The summed E-state index contributed by atoms with van der Waals surface area (Å²) in [5, 5.41) is 2.55. The number of esters is 1. The molecule has 2 rings (SSSR count). The van der Waals surface area contributed by atoms with Gasteiger partial charge in [0.05, 0.1) is 0 Å². The van der Waals surface area contributed by atoms with Gasteiger partial charge < -0.3 is 10.1 Å². The van der Waals surface area contributed by atoms with Gasteiger partial charge in [0.1, 0.15) is 12.1 Å². The van der Waals surface area contributed by atoms with E-state index in [9.17, 15) is 19.2 Å². The predicted molar refractivity (Wildman–Crippen MR) is 90.1 cm³/mol. The molecule has 1 aromatic carbocycles. The monoisotopic (exact) mass is 346 g/mol. The highest BCUT2D eigenvalue weighted by Crippen LogP contribution is 2.20. The molecule has 0 aromatic heterocycles. The topological polar surface area (TPSA) is 92.8 Å². The van der Waals surface area contributed by atoms with Gasteiger partial charge in [-0.05, 0) is 25.3 Å². The number of nitrogens with zero attached hydrogens (tertiary/aromatic N) is 1. The van der Waals surface area contributed by atoms with E-state index in [-0.39, 0.29) is 5.78 Å². The third-order valence-electron chi connectivity index (χ3n) is 4.39. The van der Waals surface area contributed by atoms with Crippen molar-refractivity contribution in [1.29, 1.82) is 0 Å². The molecule has 0 radical (unpaired) electrons. The molecule has 1 atom stereocenters. The Kier molecular flexibility index (Phi) is 5.56. The summed E-state index contributed by atoms with van der Waals surface area (Å²) in [6, 6.07) is 6.41. The van der Waals surface area contributed by atoms with Gasteiger partial charge in [0.15, 0.2) is 12.4 Å². The van der Waals surface area contributed by atoms with Crippen molar-refractivity contribution in [1.82, 2.24) is 10.2 Å². The highest BCUT2D eigenvalue weighted by atomic mass is 16.5. The molecule has 0 bridgehead atoms. The summed E-state index contributed by atoms with van der Waals surface area (Å²) in [5.41, 5.74) is 0.540. The van der Waals surface area contributed by atoms with Crippen molar-refractivity contribution in [2.75, 3.05) is 13.2 Å². The smallest absolute Gasteiger partial charge is 0.326 e. The highest BCUT2D eigenvalue weighted by molar-refractivity contribution is 6.08. The second kappa shape index (κ2) is 7.46. The predicted octanol–water partition coefficient (Wildman–Crippen LogP) is 1.70. The van der Waals surface area contributed by atoms with Crippen LogP contribution in [0.2, 0.25) is 0 Å². The fourth-order valence-electron chi connectivity index (χ4n) is 2.46. The van der Waals surface area contributed by atoms with Crippen LogP contribution in [0.4, 0.5) is 4.79 Å². The summed E-state index contributed by atoms with van der Waals surface area (Å²) in [4.78, 5) is 48.7. The zero-order chi connectivity index (χ0) is 18.6. The Labute approximate surface area is 146 Å². The van der Waals surface area contributed by atoms with Gasteiger partial charge in [0, 0.05) is 5.56 Å². The minimum atomic E-state index is -1.01. The number of Topliss-reactive ketones (excluding diaryl/α,β-unsaturated/α-hetero) is 1. The first-order valence-electron chi connectivity index (χ1n) is 8.22. The normalized spacial score (nSPS) is 19.7. The van der Waals surface area contributed by atoms with Crippen LogP contribution in [0, 0.1) is 0 Å². The Morgan fingerprint density at radius 2 is 1.80 bits per heavy atom.